The normalized spacial score (nSPS) is 10.4. The molecule has 0 saturated carbocycles. The van der Waals surface area contributed by atoms with E-state index in [1.54, 1.807) is 0 Å². The summed E-state index contributed by atoms with van der Waals surface area (Å²) >= 11 is 0. The molecule has 0 aliphatic rings. The van der Waals surface area contributed by atoms with Crippen LogP contribution in [0.1, 0.15) is 26.2 Å². The van der Waals surface area contributed by atoms with Gasteiger partial charge in [0.2, 0.25) is 5.91 Å². The van der Waals surface area contributed by atoms with Gasteiger partial charge in [0, 0.05) is 24.7 Å². The summed E-state index contributed by atoms with van der Waals surface area (Å²) in [6.07, 6.45) is 1.71. The number of anilines is 1. The highest BCUT2D eigenvalue weighted by Crippen LogP contribution is 2.19. The van der Waals surface area contributed by atoms with E-state index in [1.165, 1.54) is 11.0 Å². The second-order valence-corrected chi connectivity index (χ2v) is 4.04. The maximum atomic E-state index is 13.2. The first-order chi connectivity index (χ1) is 8.60. The Kier molecular flexibility index (Phi) is 5.71. The number of benzene rings is 1. The van der Waals surface area contributed by atoms with Crippen molar-refractivity contribution in [1.82, 2.24) is 0 Å². The Morgan fingerprint density at radius 2 is 2.06 bits per heavy atom. The lowest BCUT2D eigenvalue weighted by Gasteiger charge is -2.22. The second kappa shape index (κ2) is 7.06. The van der Waals surface area contributed by atoms with Gasteiger partial charge in [0.1, 0.15) is 0 Å². The van der Waals surface area contributed by atoms with E-state index in [-0.39, 0.29) is 5.91 Å². The lowest BCUT2D eigenvalue weighted by atomic mass is 10.2. The summed E-state index contributed by atoms with van der Waals surface area (Å²) < 4.78 is 26.0. The van der Waals surface area contributed by atoms with Crippen LogP contribution in [-0.4, -0.2) is 19.0 Å². The van der Waals surface area contributed by atoms with E-state index in [4.69, 9.17) is 5.73 Å². The van der Waals surface area contributed by atoms with Crippen LogP contribution in [0.4, 0.5) is 14.5 Å². The van der Waals surface area contributed by atoms with Crippen molar-refractivity contribution in [2.24, 2.45) is 5.73 Å². The van der Waals surface area contributed by atoms with Crippen LogP contribution in [0.5, 0.6) is 0 Å². The number of carbonyl (C=O) groups excluding carboxylic acids is 1. The Morgan fingerprint density at radius 1 is 1.33 bits per heavy atom. The molecule has 2 N–H and O–H groups in total. The van der Waals surface area contributed by atoms with E-state index in [9.17, 15) is 13.6 Å². The molecule has 100 valence electrons. The maximum Gasteiger partial charge on any atom is 0.226 e. The molecule has 0 aliphatic carbocycles. The smallest absolute Gasteiger partial charge is 0.226 e. The zero-order valence-electron chi connectivity index (χ0n) is 10.5. The van der Waals surface area contributed by atoms with Gasteiger partial charge in [-0.25, -0.2) is 8.78 Å². The maximum absolute atomic E-state index is 13.2. The molecule has 0 aliphatic heterocycles. The minimum Gasteiger partial charge on any atom is -0.330 e. The van der Waals surface area contributed by atoms with Crippen LogP contribution in [0.15, 0.2) is 18.2 Å². The lowest BCUT2D eigenvalue weighted by molar-refractivity contribution is -0.118. The number of rotatable bonds is 6. The van der Waals surface area contributed by atoms with Crippen LogP contribution in [0, 0.1) is 11.6 Å². The van der Waals surface area contributed by atoms with E-state index < -0.39 is 11.6 Å². The van der Waals surface area contributed by atoms with Crippen LogP contribution in [0.3, 0.4) is 0 Å². The molecule has 0 spiro atoms. The van der Waals surface area contributed by atoms with E-state index in [1.807, 2.05) is 6.92 Å². The minimum absolute atomic E-state index is 0.100. The monoisotopic (exact) mass is 256 g/mol. The van der Waals surface area contributed by atoms with Crippen LogP contribution < -0.4 is 10.6 Å². The van der Waals surface area contributed by atoms with E-state index in [2.05, 4.69) is 0 Å². The molecule has 1 aromatic carbocycles. The highest BCUT2D eigenvalue weighted by atomic mass is 19.2. The molecule has 3 nitrogen and oxygen atoms in total. The zero-order valence-corrected chi connectivity index (χ0v) is 10.5. The fraction of sp³-hybridized carbons (Fsp3) is 0.462. The Balaban J connectivity index is 2.93. The van der Waals surface area contributed by atoms with Crippen molar-refractivity contribution in [3.8, 4) is 0 Å². The summed E-state index contributed by atoms with van der Waals surface area (Å²) in [4.78, 5) is 13.4. The van der Waals surface area contributed by atoms with Gasteiger partial charge in [0.15, 0.2) is 11.6 Å². The Labute approximate surface area is 106 Å². The summed E-state index contributed by atoms with van der Waals surface area (Å²) in [5, 5.41) is 0. The molecular formula is C13H18F2N2O. The number of hydrogen-bond acceptors (Lipinski definition) is 2. The molecule has 0 unspecified atom stereocenters. The fourth-order valence-electron chi connectivity index (χ4n) is 1.65. The van der Waals surface area contributed by atoms with Gasteiger partial charge in [-0.3, -0.25) is 4.79 Å². The average molecular weight is 256 g/mol. The third-order valence-corrected chi connectivity index (χ3v) is 2.57. The van der Waals surface area contributed by atoms with Crippen molar-refractivity contribution in [1.29, 1.82) is 0 Å². The van der Waals surface area contributed by atoms with Gasteiger partial charge in [-0.05, 0) is 31.5 Å². The van der Waals surface area contributed by atoms with E-state index in [0.717, 1.165) is 12.1 Å². The summed E-state index contributed by atoms with van der Waals surface area (Å²) in [6, 6.07) is 3.47. The molecule has 0 aromatic heterocycles. The van der Waals surface area contributed by atoms with Crippen LogP contribution >= 0.6 is 0 Å². The molecular weight excluding hydrogens is 238 g/mol. The Hall–Kier alpha value is -1.49. The van der Waals surface area contributed by atoms with Gasteiger partial charge in [-0.2, -0.15) is 0 Å². The number of carbonyl (C=O) groups is 1. The number of nitrogens with two attached hydrogens (primary N) is 1. The molecule has 5 heteroatoms. The average Bonchev–Trinajstić information content (AvgIpc) is 2.34. The summed E-state index contributed by atoms with van der Waals surface area (Å²) in [7, 11) is 0. The molecule has 0 fully saturated rings. The van der Waals surface area contributed by atoms with Gasteiger partial charge < -0.3 is 10.6 Å². The molecule has 1 rings (SSSR count). The Morgan fingerprint density at radius 3 is 2.61 bits per heavy atom. The quantitative estimate of drug-likeness (QED) is 0.849. The largest absolute Gasteiger partial charge is 0.330 e. The van der Waals surface area contributed by atoms with Crippen LogP contribution in [0.2, 0.25) is 0 Å². The third kappa shape index (κ3) is 3.77. The van der Waals surface area contributed by atoms with Gasteiger partial charge >= 0.3 is 0 Å². The van der Waals surface area contributed by atoms with E-state index >= 15 is 0 Å². The summed E-state index contributed by atoms with van der Waals surface area (Å²) in [5.74, 6) is -1.97. The molecule has 1 aromatic rings. The van der Waals surface area contributed by atoms with Crippen molar-refractivity contribution >= 4 is 11.6 Å². The summed E-state index contributed by atoms with van der Waals surface area (Å²) in [6.45, 7) is 2.75. The fourth-order valence-corrected chi connectivity index (χ4v) is 1.65. The molecule has 0 saturated heterocycles. The SMILES string of the molecule is CCCC(=O)N(CCCN)c1ccc(F)c(F)c1. The topological polar surface area (TPSA) is 46.3 Å². The molecule has 0 bridgehead atoms. The lowest BCUT2D eigenvalue weighted by Crippen LogP contribution is -2.32. The first-order valence-corrected chi connectivity index (χ1v) is 6.05. The standard InChI is InChI=1S/C13H18F2N2O/c1-2-4-13(18)17(8-3-7-16)10-5-6-11(14)12(15)9-10/h5-6,9H,2-4,7-8,16H2,1H3. The molecule has 0 atom stereocenters. The first-order valence-electron chi connectivity index (χ1n) is 6.05. The van der Waals surface area contributed by atoms with Crippen molar-refractivity contribution < 1.29 is 13.6 Å². The zero-order chi connectivity index (χ0) is 13.5. The van der Waals surface area contributed by atoms with Crippen LogP contribution in [-0.2, 0) is 4.79 Å². The third-order valence-electron chi connectivity index (χ3n) is 2.57. The second-order valence-electron chi connectivity index (χ2n) is 4.04. The number of nitrogens with zero attached hydrogens (tertiary/aromatic N) is 1. The number of hydrogen-bond donors (Lipinski definition) is 1. The highest BCUT2D eigenvalue weighted by Gasteiger charge is 2.15. The summed E-state index contributed by atoms with van der Waals surface area (Å²) in [5.41, 5.74) is 5.79. The Bertz CT molecular complexity index is 410. The van der Waals surface area contributed by atoms with Gasteiger partial charge in [-0.1, -0.05) is 6.92 Å². The minimum atomic E-state index is -0.949. The van der Waals surface area contributed by atoms with Gasteiger partial charge in [0.25, 0.3) is 0 Å². The van der Waals surface area contributed by atoms with E-state index in [0.29, 0.717) is 38.0 Å². The molecule has 0 heterocycles. The van der Waals surface area contributed by atoms with Gasteiger partial charge in [0.05, 0.1) is 0 Å². The predicted octanol–water partition coefficient (Wildman–Crippen LogP) is 2.45. The van der Waals surface area contributed by atoms with Crippen molar-refractivity contribution in [2.45, 2.75) is 26.2 Å². The van der Waals surface area contributed by atoms with Crippen molar-refractivity contribution in [3.05, 3.63) is 29.8 Å². The molecule has 18 heavy (non-hydrogen) atoms. The number of amides is 1. The van der Waals surface area contributed by atoms with Gasteiger partial charge in [-0.15, -0.1) is 0 Å². The number of halogens is 2. The van der Waals surface area contributed by atoms with Crippen LogP contribution in [0.25, 0.3) is 0 Å². The molecule has 0 radical (unpaired) electrons. The highest BCUT2D eigenvalue weighted by molar-refractivity contribution is 5.93. The first kappa shape index (κ1) is 14.6. The predicted molar refractivity (Wildman–Crippen MR) is 67.3 cm³/mol. The van der Waals surface area contributed by atoms with Crippen molar-refractivity contribution in [2.75, 3.05) is 18.0 Å². The van der Waals surface area contributed by atoms with Crippen molar-refractivity contribution in [3.63, 3.8) is 0 Å². The molecule has 1 amide bonds.